The fourth-order valence-corrected chi connectivity index (χ4v) is 3.12. The number of carbonyl (C=O) groups excluding carboxylic acids is 2. The van der Waals surface area contributed by atoms with Gasteiger partial charge in [0.15, 0.2) is 0 Å². The Morgan fingerprint density at radius 3 is 2.62 bits per heavy atom. The van der Waals surface area contributed by atoms with Gasteiger partial charge in [0, 0.05) is 30.9 Å². The fourth-order valence-electron chi connectivity index (χ4n) is 3.12. The Morgan fingerprint density at radius 2 is 2.00 bits per heavy atom. The third kappa shape index (κ3) is 3.39. The number of Topliss-reactive ketones (excluding diaryl/α,β-unsaturated/α-hetero) is 1. The summed E-state index contributed by atoms with van der Waals surface area (Å²) in [5, 5.41) is 10.7. The molecular formula is C19H22N3O4+. The lowest BCUT2D eigenvalue weighted by atomic mass is 10.00. The Kier molecular flexibility index (Phi) is 5.18. The molecule has 1 amide bonds. The molecular weight excluding hydrogens is 334 g/mol. The Balaban J connectivity index is 2.02. The number of rotatable bonds is 6. The average molecular weight is 356 g/mol. The second-order valence-corrected chi connectivity index (χ2v) is 6.55. The summed E-state index contributed by atoms with van der Waals surface area (Å²) in [5.41, 5.74) is 0.487. The molecule has 2 aromatic rings. The number of aliphatic hydroxyl groups excluding tert-OH is 1. The Hall–Kier alpha value is -2.93. The van der Waals surface area contributed by atoms with Gasteiger partial charge in [-0.05, 0) is 24.3 Å². The largest absolute Gasteiger partial charge is 0.507 e. The van der Waals surface area contributed by atoms with Crippen molar-refractivity contribution in [1.29, 1.82) is 0 Å². The Labute approximate surface area is 151 Å². The highest BCUT2D eigenvalue weighted by molar-refractivity contribution is 6.46. The van der Waals surface area contributed by atoms with Crippen LogP contribution in [0.25, 0.3) is 5.76 Å². The van der Waals surface area contributed by atoms with E-state index in [1.54, 1.807) is 24.3 Å². The van der Waals surface area contributed by atoms with Crippen LogP contribution in [0.2, 0.25) is 0 Å². The molecule has 1 aliphatic heterocycles. The van der Waals surface area contributed by atoms with Gasteiger partial charge in [-0.25, -0.2) is 0 Å². The number of amides is 1. The molecule has 1 atom stereocenters. The summed E-state index contributed by atoms with van der Waals surface area (Å²) in [7, 11) is 4.06. The molecule has 2 N–H and O–H groups in total. The first-order valence-electron chi connectivity index (χ1n) is 8.52. The van der Waals surface area contributed by atoms with Crippen molar-refractivity contribution in [2.75, 3.05) is 27.2 Å². The van der Waals surface area contributed by atoms with Gasteiger partial charge in [-0.15, -0.1) is 0 Å². The molecule has 7 nitrogen and oxygen atoms in total. The average Bonchev–Trinajstić information content (AvgIpc) is 3.24. The first-order valence-corrected chi connectivity index (χ1v) is 8.52. The van der Waals surface area contributed by atoms with E-state index in [4.69, 9.17) is 4.42 Å². The number of pyridine rings is 1. The lowest BCUT2D eigenvalue weighted by molar-refractivity contribution is -0.858. The van der Waals surface area contributed by atoms with E-state index < -0.39 is 17.7 Å². The molecule has 0 saturated carbocycles. The molecule has 0 aromatic carbocycles. The second kappa shape index (κ2) is 7.53. The normalized spacial score (nSPS) is 19.5. The molecule has 0 spiro atoms. The molecule has 0 bridgehead atoms. The van der Waals surface area contributed by atoms with E-state index in [2.05, 4.69) is 4.98 Å². The highest BCUT2D eigenvalue weighted by Crippen LogP contribution is 2.39. The standard InChI is InChI=1S/C19H21N3O4/c1-21(2)10-4-11-22-16(14-5-3-12-26-14)15(18(24)19(22)25)17(23)13-6-8-20-9-7-13/h3,5-9,12,16,23H,4,10-11H2,1-2H3/p+1/t16-/m0/s1. The summed E-state index contributed by atoms with van der Waals surface area (Å²) in [6, 6.07) is 5.87. The van der Waals surface area contributed by atoms with E-state index in [0.29, 0.717) is 17.9 Å². The number of nitrogens with zero attached hydrogens (tertiary/aromatic N) is 2. The van der Waals surface area contributed by atoms with Crippen LogP contribution < -0.4 is 4.90 Å². The quantitative estimate of drug-likeness (QED) is 0.450. The Morgan fingerprint density at radius 1 is 1.27 bits per heavy atom. The smallest absolute Gasteiger partial charge is 0.295 e. The summed E-state index contributed by atoms with van der Waals surface area (Å²) in [6.07, 6.45) is 5.27. The number of aromatic nitrogens is 1. The number of aliphatic hydroxyl groups is 1. The molecule has 1 saturated heterocycles. The summed E-state index contributed by atoms with van der Waals surface area (Å²) in [5.74, 6) is -1.07. The van der Waals surface area contributed by atoms with Crippen molar-refractivity contribution in [3.05, 3.63) is 59.8 Å². The van der Waals surface area contributed by atoms with Gasteiger partial charge in [0.25, 0.3) is 11.7 Å². The van der Waals surface area contributed by atoms with Gasteiger partial charge in [0.05, 0.1) is 32.5 Å². The van der Waals surface area contributed by atoms with Crippen LogP contribution in [0.5, 0.6) is 0 Å². The predicted molar refractivity (Wildman–Crippen MR) is 94.2 cm³/mol. The minimum absolute atomic E-state index is 0.0494. The van der Waals surface area contributed by atoms with E-state index in [1.807, 2.05) is 14.1 Å². The van der Waals surface area contributed by atoms with Crippen LogP contribution in [0.1, 0.15) is 23.8 Å². The number of quaternary nitrogens is 1. The number of carbonyl (C=O) groups is 2. The zero-order valence-corrected chi connectivity index (χ0v) is 14.8. The summed E-state index contributed by atoms with van der Waals surface area (Å²) in [4.78, 5) is 31.9. The molecule has 3 heterocycles. The van der Waals surface area contributed by atoms with Gasteiger partial charge < -0.3 is 19.3 Å². The molecule has 7 heteroatoms. The van der Waals surface area contributed by atoms with Crippen molar-refractivity contribution >= 4 is 17.4 Å². The van der Waals surface area contributed by atoms with Gasteiger partial charge >= 0.3 is 0 Å². The number of furan rings is 1. The van der Waals surface area contributed by atoms with Crippen LogP contribution in [-0.4, -0.2) is 53.9 Å². The van der Waals surface area contributed by atoms with Crippen molar-refractivity contribution in [3.63, 3.8) is 0 Å². The Bertz CT molecular complexity index is 813. The van der Waals surface area contributed by atoms with Crippen molar-refractivity contribution in [1.82, 2.24) is 9.88 Å². The summed E-state index contributed by atoms with van der Waals surface area (Å²) in [6.45, 7) is 1.27. The minimum Gasteiger partial charge on any atom is -0.507 e. The SMILES string of the molecule is C[NH+](C)CCCN1C(=O)C(=O)C(=C(O)c2ccncc2)[C@@H]1c1ccco1. The first-order chi connectivity index (χ1) is 12.5. The van der Waals surface area contributed by atoms with Crippen LogP contribution in [0.4, 0.5) is 0 Å². The van der Waals surface area contributed by atoms with Gasteiger partial charge in [0.1, 0.15) is 17.6 Å². The molecule has 2 aromatic heterocycles. The lowest BCUT2D eigenvalue weighted by Gasteiger charge is -2.23. The number of ketones is 1. The second-order valence-electron chi connectivity index (χ2n) is 6.55. The molecule has 0 aliphatic carbocycles. The van der Waals surface area contributed by atoms with Crippen LogP contribution >= 0.6 is 0 Å². The first kappa shape index (κ1) is 17.9. The maximum absolute atomic E-state index is 12.7. The molecule has 0 unspecified atom stereocenters. The van der Waals surface area contributed by atoms with Gasteiger partial charge in [-0.2, -0.15) is 0 Å². The third-order valence-electron chi connectivity index (χ3n) is 4.38. The number of nitrogens with one attached hydrogen (secondary N) is 1. The maximum atomic E-state index is 12.7. The monoisotopic (exact) mass is 356 g/mol. The van der Waals surface area contributed by atoms with Crippen molar-refractivity contribution < 1.29 is 24.0 Å². The number of likely N-dealkylation sites (tertiary alicyclic amines) is 1. The van der Waals surface area contributed by atoms with E-state index in [1.165, 1.54) is 28.5 Å². The summed E-state index contributed by atoms with van der Waals surface area (Å²) < 4.78 is 5.48. The third-order valence-corrected chi connectivity index (χ3v) is 4.38. The molecule has 1 fully saturated rings. The van der Waals surface area contributed by atoms with Crippen molar-refractivity contribution in [3.8, 4) is 0 Å². The van der Waals surface area contributed by atoms with E-state index >= 15 is 0 Å². The van der Waals surface area contributed by atoms with Gasteiger partial charge in [-0.1, -0.05) is 0 Å². The van der Waals surface area contributed by atoms with Crippen molar-refractivity contribution in [2.24, 2.45) is 0 Å². The number of hydrogen-bond acceptors (Lipinski definition) is 5. The van der Waals surface area contributed by atoms with E-state index in [9.17, 15) is 14.7 Å². The lowest BCUT2D eigenvalue weighted by Crippen LogP contribution is -3.05. The summed E-state index contributed by atoms with van der Waals surface area (Å²) >= 11 is 0. The zero-order chi connectivity index (χ0) is 18.7. The number of hydrogen-bond donors (Lipinski definition) is 2. The van der Waals surface area contributed by atoms with Crippen LogP contribution in [-0.2, 0) is 9.59 Å². The van der Waals surface area contributed by atoms with Crippen LogP contribution in [0.15, 0.2) is 52.9 Å². The molecule has 0 radical (unpaired) electrons. The zero-order valence-electron chi connectivity index (χ0n) is 14.8. The highest BCUT2D eigenvalue weighted by Gasteiger charge is 2.47. The molecule has 136 valence electrons. The highest BCUT2D eigenvalue weighted by atomic mass is 16.3. The molecule has 26 heavy (non-hydrogen) atoms. The topological polar surface area (TPSA) is 88.1 Å². The van der Waals surface area contributed by atoms with E-state index in [0.717, 1.165) is 13.0 Å². The van der Waals surface area contributed by atoms with E-state index in [-0.39, 0.29) is 11.3 Å². The van der Waals surface area contributed by atoms with Crippen LogP contribution in [0.3, 0.4) is 0 Å². The van der Waals surface area contributed by atoms with Crippen LogP contribution in [0, 0.1) is 0 Å². The maximum Gasteiger partial charge on any atom is 0.295 e. The predicted octanol–water partition coefficient (Wildman–Crippen LogP) is 0.631. The minimum atomic E-state index is -0.727. The molecule has 1 aliphatic rings. The van der Waals surface area contributed by atoms with Gasteiger partial charge in [-0.3, -0.25) is 14.6 Å². The van der Waals surface area contributed by atoms with Crippen molar-refractivity contribution in [2.45, 2.75) is 12.5 Å². The fraction of sp³-hybridized carbons (Fsp3) is 0.316. The van der Waals surface area contributed by atoms with Gasteiger partial charge in [0.2, 0.25) is 0 Å². The molecule has 3 rings (SSSR count).